The summed E-state index contributed by atoms with van der Waals surface area (Å²) in [6, 6.07) is 12.4. The van der Waals surface area contributed by atoms with Gasteiger partial charge in [-0.2, -0.15) is 0 Å². The third-order valence-electron chi connectivity index (χ3n) is 9.25. The Balaban J connectivity index is 0.000000519. The smallest absolute Gasteiger partial charge is 0.134 e. The Kier molecular flexibility index (Phi) is 11.2. The number of nitrogens with one attached hydrogen (secondary N) is 1. The van der Waals surface area contributed by atoms with E-state index in [2.05, 4.69) is 30.6 Å². The Hall–Kier alpha value is -2.00. The van der Waals surface area contributed by atoms with Gasteiger partial charge >= 0.3 is 0 Å². The lowest BCUT2D eigenvalue weighted by molar-refractivity contribution is 0.235. The molecule has 0 aromatic heterocycles. The lowest BCUT2D eigenvalue weighted by Gasteiger charge is -2.35. The van der Waals surface area contributed by atoms with Crippen molar-refractivity contribution in [3.05, 3.63) is 65.1 Å². The first-order chi connectivity index (χ1) is 18.8. The van der Waals surface area contributed by atoms with Crippen molar-refractivity contribution >= 4 is 17.3 Å². The number of anilines is 1. The topological polar surface area (TPSA) is 15.3 Å². The minimum atomic E-state index is -0.271. The van der Waals surface area contributed by atoms with Crippen molar-refractivity contribution in [1.82, 2.24) is 4.90 Å². The van der Waals surface area contributed by atoms with Gasteiger partial charge in [0.05, 0.1) is 5.02 Å². The molecule has 5 rings (SSSR count). The second kappa shape index (κ2) is 14.6. The predicted molar refractivity (Wildman–Crippen MR) is 167 cm³/mol. The maximum Gasteiger partial charge on any atom is 0.134 e. The molecule has 39 heavy (non-hydrogen) atoms. The first kappa shape index (κ1) is 30.0. The molecule has 2 aromatic carbocycles. The molecule has 1 N–H and O–H groups in total. The fourth-order valence-electron chi connectivity index (χ4n) is 7.02. The lowest BCUT2D eigenvalue weighted by Crippen LogP contribution is -2.33. The quantitative estimate of drug-likeness (QED) is 0.350. The van der Waals surface area contributed by atoms with Crippen molar-refractivity contribution in [2.24, 2.45) is 11.8 Å². The highest BCUT2D eigenvalue weighted by molar-refractivity contribution is 6.33. The van der Waals surface area contributed by atoms with Crippen LogP contribution in [-0.2, 0) is 0 Å². The van der Waals surface area contributed by atoms with Gasteiger partial charge in [0, 0.05) is 35.6 Å². The van der Waals surface area contributed by atoms with Crippen molar-refractivity contribution < 1.29 is 4.39 Å². The van der Waals surface area contributed by atoms with Crippen LogP contribution in [0.4, 0.5) is 10.1 Å². The zero-order valence-electron chi connectivity index (χ0n) is 24.6. The van der Waals surface area contributed by atoms with E-state index in [1.54, 1.807) is 6.07 Å². The molecular formula is C35H50ClFN2. The number of allylic oxidation sites excluding steroid dienone is 1. The van der Waals surface area contributed by atoms with Gasteiger partial charge in [-0.25, -0.2) is 4.39 Å². The van der Waals surface area contributed by atoms with Gasteiger partial charge in [0.25, 0.3) is 0 Å². The number of benzene rings is 2. The Bertz CT molecular complexity index is 1040. The molecule has 0 aliphatic heterocycles. The van der Waals surface area contributed by atoms with Crippen LogP contribution in [-0.4, -0.2) is 23.5 Å². The predicted octanol–water partition coefficient (Wildman–Crippen LogP) is 10.8. The van der Waals surface area contributed by atoms with E-state index in [1.807, 2.05) is 37.3 Å². The molecule has 0 bridgehead atoms. The molecule has 3 saturated carbocycles. The van der Waals surface area contributed by atoms with Crippen LogP contribution >= 0.6 is 11.6 Å². The van der Waals surface area contributed by atoms with Gasteiger partial charge in [0.15, 0.2) is 0 Å². The van der Waals surface area contributed by atoms with Crippen molar-refractivity contribution in [3.8, 4) is 11.1 Å². The zero-order valence-corrected chi connectivity index (χ0v) is 25.3. The Morgan fingerprint density at radius 2 is 1.64 bits per heavy atom. The van der Waals surface area contributed by atoms with Gasteiger partial charge < -0.3 is 10.2 Å². The first-order valence-electron chi connectivity index (χ1n) is 15.6. The average molecular weight is 553 g/mol. The summed E-state index contributed by atoms with van der Waals surface area (Å²) in [4.78, 5) is 2.57. The molecule has 0 spiro atoms. The van der Waals surface area contributed by atoms with Crippen LogP contribution in [0.2, 0.25) is 5.02 Å². The first-order valence-corrected chi connectivity index (χ1v) is 16.0. The molecule has 0 radical (unpaired) electrons. The molecule has 0 heterocycles. The molecule has 3 fully saturated rings. The van der Waals surface area contributed by atoms with Crippen molar-refractivity contribution in [1.29, 1.82) is 0 Å². The van der Waals surface area contributed by atoms with Crippen LogP contribution in [0.5, 0.6) is 0 Å². The van der Waals surface area contributed by atoms with Crippen molar-refractivity contribution in [2.75, 3.05) is 11.9 Å². The fraction of sp³-hybridized carbons (Fsp3) is 0.600. The summed E-state index contributed by atoms with van der Waals surface area (Å²) in [5.41, 5.74) is 4.51. The summed E-state index contributed by atoms with van der Waals surface area (Å²) < 4.78 is 15.0. The second-order valence-electron chi connectivity index (χ2n) is 12.4. The average Bonchev–Trinajstić information content (AvgIpc) is 3.60. The van der Waals surface area contributed by atoms with Crippen LogP contribution in [0.25, 0.3) is 11.1 Å². The van der Waals surface area contributed by atoms with E-state index in [0.29, 0.717) is 28.6 Å². The van der Waals surface area contributed by atoms with E-state index in [0.717, 1.165) is 48.5 Å². The number of hydrogen-bond acceptors (Lipinski definition) is 2. The van der Waals surface area contributed by atoms with Gasteiger partial charge in [-0.05, 0) is 88.3 Å². The minimum absolute atomic E-state index is 0.271. The van der Waals surface area contributed by atoms with Crippen LogP contribution in [0, 0.1) is 24.6 Å². The molecule has 3 aliphatic rings. The van der Waals surface area contributed by atoms with E-state index in [-0.39, 0.29) is 5.82 Å². The van der Waals surface area contributed by atoms with Gasteiger partial charge in [-0.15, -0.1) is 0 Å². The molecule has 0 unspecified atom stereocenters. The molecule has 2 aromatic rings. The lowest BCUT2D eigenvalue weighted by atomic mass is 9.83. The Morgan fingerprint density at radius 1 is 0.974 bits per heavy atom. The van der Waals surface area contributed by atoms with Gasteiger partial charge in [0.1, 0.15) is 5.82 Å². The monoisotopic (exact) mass is 552 g/mol. The summed E-state index contributed by atoms with van der Waals surface area (Å²) in [7, 11) is 0. The minimum Gasteiger partial charge on any atom is -0.382 e. The summed E-state index contributed by atoms with van der Waals surface area (Å²) in [6.45, 7) is 12.1. The van der Waals surface area contributed by atoms with Gasteiger partial charge in [0.2, 0.25) is 0 Å². The zero-order chi connectivity index (χ0) is 27.8. The molecule has 0 amide bonds. The van der Waals surface area contributed by atoms with Crippen LogP contribution in [0.1, 0.15) is 103 Å². The van der Waals surface area contributed by atoms with Crippen LogP contribution in [0.15, 0.2) is 48.7 Å². The van der Waals surface area contributed by atoms with Gasteiger partial charge in [-0.1, -0.05) is 93.5 Å². The standard InChI is InChI=1S/C29H38ClFN2.C6H12/c1-4-33(26-10-5-6-11-26)21(3)17-22-12-14-24(15-13-22)32-25-18-27(30)29(28(31)19-25)23-9-7-8-20(2)16-23;1-6-4-2-3-5-6/h7-9,16,18-19,22,24,26,32H,3-6,10-15,17H2,1-2H3;6H,2-5H2,1H3. The highest BCUT2D eigenvalue weighted by atomic mass is 35.5. The molecular weight excluding hydrogens is 503 g/mol. The van der Waals surface area contributed by atoms with E-state index in [9.17, 15) is 4.39 Å². The van der Waals surface area contributed by atoms with Crippen molar-refractivity contribution in [2.45, 2.75) is 116 Å². The summed E-state index contributed by atoms with van der Waals surface area (Å²) in [5, 5.41) is 4.01. The molecule has 0 saturated heterocycles. The second-order valence-corrected chi connectivity index (χ2v) is 12.8. The fourth-order valence-corrected chi connectivity index (χ4v) is 7.33. The molecule has 0 atom stereocenters. The summed E-state index contributed by atoms with van der Waals surface area (Å²) in [6.07, 6.45) is 17.0. The summed E-state index contributed by atoms with van der Waals surface area (Å²) >= 11 is 6.52. The van der Waals surface area contributed by atoms with E-state index >= 15 is 0 Å². The number of hydrogen-bond donors (Lipinski definition) is 1. The number of rotatable bonds is 8. The van der Waals surface area contributed by atoms with Crippen molar-refractivity contribution in [3.63, 3.8) is 0 Å². The SMILES string of the molecule is C=C(CC1CCC(Nc2cc(F)c(-c3cccc(C)c3)c(Cl)c2)CC1)N(CC)C1CCCC1.CC1CCCC1. The largest absolute Gasteiger partial charge is 0.382 e. The molecule has 3 aliphatic carbocycles. The normalized spacial score (nSPS) is 21.9. The molecule has 214 valence electrons. The molecule has 4 heteroatoms. The number of aryl methyl sites for hydroxylation is 1. The maximum absolute atomic E-state index is 15.0. The van der Waals surface area contributed by atoms with E-state index in [1.165, 1.54) is 69.9 Å². The van der Waals surface area contributed by atoms with Crippen LogP contribution in [0.3, 0.4) is 0 Å². The number of halogens is 2. The van der Waals surface area contributed by atoms with E-state index < -0.39 is 0 Å². The Labute approximate surface area is 242 Å². The highest BCUT2D eigenvalue weighted by Gasteiger charge is 2.26. The number of nitrogens with zero attached hydrogens (tertiary/aromatic N) is 1. The van der Waals surface area contributed by atoms with Gasteiger partial charge in [-0.3, -0.25) is 0 Å². The third kappa shape index (κ3) is 8.49. The van der Waals surface area contributed by atoms with Crippen LogP contribution < -0.4 is 5.32 Å². The maximum atomic E-state index is 15.0. The molecule has 2 nitrogen and oxygen atoms in total. The van der Waals surface area contributed by atoms with E-state index in [4.69, 9.17) is 11.6 Å². The summed E-state index contributed by atoms with van der Waals surface area (Å²) in [5.74, 6) is 1.48. The highest BCUT2D eigenvalue weighted by Crippen LogP contribution is 2.37. The third-order valence-corrected chi connectivity index (χ3v) is 9.54. The Morgan fingerprint density at radius 3 is 2.21 bits per heavy atom.